The van der Waals surface area contributed by atoms with Gasteiger partial charge < -0.3 is 4.74 Å². The van der Waals surface area contributed by atoms with Crippen LogP contribution in [0, 0.1) is 23.2 Å². The lowest BCUT2D eigenvalue weighted by molar-refractivity contribution is -0.183. The van der Waals surface area contributed by atoms with Gasteiger partial charge in [-0.2, -0.15) is 10.4 Å². The molecule has 170 valence electrons. The van der Waals surface area contributed by atoms with E-state index >= 15 is 0 Å². The lowest BCUT2D eigenvalue weighted by Gasteiger charge is -2.31. The average molecular weight is 447 g/mol. The van der Waals surface area contributed by atoms with Gasteiger partial charge in [-0.15, -0.1) is 0 Å². The maximum atomic E-state index is 13.3. The van der Waals surface area contributed by atoms with Gasteiger partial charge in [0.1, 0.15) is 6.04 Å². The topological polar surface area (TPSA) is 106 Å². The molecule has 1 aromatic carbocycles. The van der Waals surface area contributed by atoms with Crippen molar-refractivity contribution in [2.75, 3.05) is 13.7 Å². The largest absolute Gasteiger partial charge is 0.480 e. The highest BCUT2D eigenvalue weighted by atomic mass is 16.7. The Morgan fingerprint density at radius 3 is 2.85 bits per heavy atom. The van der Waals surface area contributed by atoms with Gasteiger partial charge in [-0.3, -0.25) is 19.3 Å². The molecule has 2 fully saturated rings. The molecule has 33 heavy (non-hydrogen) atoms. The Balaban J connectivity index is 1.21. The molecule has 0 spiro atoms. The van der Waals surface area contributed by atoms with Gasteiger partial charge in [-0.05, 0) is 49.8 Å². The number of aromatic nitrogens is 4. The van der Waals surface area contributed by atoms with Gasteiger partial charge >= 0.3 is 0 Å². The second-order valence-corrected chi connectivity index (χ2v) is 8.72. The summed E-state index contributed by atoms with van der Waals surface area (Å²) in [6.45, 7) is 1.31. The van der Waals surface area contributed by atoms with E-state index in [9.17, 15) is 4.79 Å². The van der Waals surface area contributed by atoms with Crippen molar-refractivity contribution in [2.24, 2.45) is 11.8 Å². The van der Waals surface area contributed by atoms with Crippen molar-refractivity contribution >= 4 is 16.8 Å². The zero-order valence-electron chi connectivity index (χ0n) is 18.6. The minimum absolute atomic E-state index is 0.0362. The summed E-state index contributed by atoms with van der Waals surface area (Å²) in [5.41, 5.74) is 2.38. The zero-order valence-corrected chi connectivity index (χ0v) is 18.6. The molecule has 2 aromatic heterocycles. The molecule has 3 aromatic rings. The first kappa shape index (κ1) is 21.3. The number of rotatable bonds is 5. The molecule has 9 nitrogen and oxygen atoms in total. The van der Waals surface area contributed by atoms with Crippen molar-refractivity contribution in [3.8, 4) is 11.9 Å². The Hall–Kier alpha value is -3.51. The van der Waals surface area contributed by atoms with Crippen molar-refractivity contribution in [3.63, 3.8) is 0 Å². The molecule has 0 unspecified atom stereocenters. The van der Waals surface area contributed by atoms with Crippen LogP contribution < -0.4 is 4.74 Å². The smallest absolute Gasteiger partial charge is 0.249 e. The second kappa shape index (κ2) is 9.16. The number of amides is 1. The third-order valence-corrected chi connectivity index (χ3v) is 6.70. The number of nitriles is 1. The number of hydrogen-bond acceptors (Lipinski definition) is 7. The van der Waals surface area contributed by atoms with E-state index < -0.39 is 0 Å². The summed E-state index contributed by atoms with van der Waals surface area (Å²) in [7, 11) is 1.55. The van der Waals surface area contributed by atoms with Crippen LogP contribution in [0.4, 0.5) is 0 Å². The maximum absolute atomic E-state index is 13.3. The Morgan fingerprint density at radius 1 is 1.21 bits per heavy atom. The summed E-state index contributed by atoms with van der Waals surface area (Å²) in [5, 5.41) is 16.1. The third kappa shape index (κ3) is 4.26. The lowest BCUT2D eigenvalue weighted by Crippen LogP contribution is -2.37. The highest BCUT2D eigenvalue weighted by molar-refractivity contribution is 5.80. The van der Waals surface area contributed by atoms with Crippen LogP contribution >= 0.6 is 0 Å². The molecule has 1 saturated carbocycles. The fraction of sp³-hybridized carbons (Fsp3) is 0.458. The van der Waals surface area contributed by atoms with Crippen molar-refractivity contribution in [3.05, 3.63) is 48.0 Å². The van der Waals surface area contributed by atoms with Crippen molar-refractivity contribution in [1.29, 1.82) is 5.26 Å². The molecule has 1 aliphatic carbocycles. The minimum atomic E-state index is -0.230. The number of hydrogen-bond donors (Lipinski definition) is 0. The predicted octanol–water partition coefficient (Wildman–Crippen LogP) is 3.42. The van der Waals surface area contributed by atoms with Gasteiger partial charge in [0.15, 0.2) is 0 Å². The van der Waals surface area contributed by atoms with Gasteiger partial charge in [0, 0.05) is 24.3 Å². The molecule has 1 amide bonds. The number of hydroxylamine groups is 2. The summed E-state index contributed by atoms with van der Waals surface area (Å²) in [4.78, 5) is 27.6. The third-order valence-electron chi connectivity index (χ3n) is 6.70. The number of benzene rings is 1. The first-order chi connectivity index (χ1) is 16.2. The van der Waals surface area contributed by atoms with Crippen LogP contribution in [0.15, 0.2) is 36.8 Å². The van der Waals surface area contributed by atoms with E-state index in [-0.39, 0.29) is 17.9 Å². The summed E-state index contributed by atoms with van der Waals surface area (Å²) >= 11 is 0. The van der Waals surface area contributed by atoms with Gasteiger partial charge in [0.25, 0.3) is 0 Å². The van der Waals surface area contributed by atoms with Crippen LogP contribution in [0.5, 0.6) is 5.88 Å². The van der Waals surface area contributed by atoms with Crippen molar-refractivity contribution in [1.82, 2.24) is 24.8 Å². The Bertz CT molecular complexity index is 1190. The molecule has 1 aliphatic heterocycles. The molecule has 1 saturated heterocycles. The van der Waals surface area contributed by atoms with E-state index in [0.717, 1.165) is 43.1 Å². The molecular weight excluding hydrogens is 420 g/mol. The molecular formula is C24H26N6O3. The lowest BCUT2D eigenvalue weighted by atomic mass is 9.81. The van der Waals surface area contributed by atoms with E-state index in [1.165, 1.54) is 5.06 Å². The number of carbonyl (C=O) groups is 1. The van der Waals surface area contributed by atoms with Crippen LogP contribution in [-0.2, 0) is 16.2 Å². The van der Waals surface area contributed by atoms with Crippen LogP contribution in [-0.4, -0.2) is 44.4 Å². The van der Waals surface area contributed by atoms with E-state index in [1.54, 1.807) is 19.5 Å². The molecule has 2 aliphatic rings. The number of methoxy groups -OCH3 is 1. The fourth-order valence-electron chi connectivity index (χ4n) is 4.90. The molecule has 0 bridgehead atoms. The van der Waals surface area contributed by atoms with Gasteiger partial charge in [0.2, 0.25) is 11.8 Å². The van der Waals surface area contributed by atoms with Gasteiger partial charge in [0.05, 0.1) is 55.2 Å². The maximum Gasteiger partial charge on any atom is 0.249 e. The molecule has 9 heteroatoms. The van der Waals surface area contributed by atoms with E-state index in [2.05, 4.69) is 21.1 Å². The Labute approximate surface area is 191 Å². The van der Waals surface area contributed by atoms with Gasteiger partial charge in [-0.1, -0.05) is 0 Å². The summed E-state index contributed by atoms with van der Waals surface area (Å²) in [5.74, 6) is 0.886. The first-order valence-corrected chi connectivity index (χ1v) is 11.3. The van der Waals surface area contributed by atoms with Gasteiger partial charge in [-0.25, -0.2) is 10.0 Å². The van der Waals surface area contributed by atoms with E-state index in [0.29, 0.717) is 36.1 Å². The molecule has 0 N–H and O–H groups in total. The van der Waals surface area contributed by atoms with Crippen LogP contribution in [0.1, 0.15) is 49.4 Å². The molecule has 0 radical (unpaired) electrons. The summed E-state index contributed by atoms with van der Waals surface area (Å²) in [6, 6.07) is 7.60. The zero-order chi connectivity index (χ0) is 22.8. The highest BCUT2D eigenvalue weighted by Gasteiger charge is 2.38. The number of carbonyl (C=O) groups excluding carboxylic acids is 1. The monoisotopic (exact) mass is 446 g/mol. The Kier molecular flexibility index (Phi) is 5.92. The minimum Gasteiger partial charge on any atom is -0.480 e. The van der Waals surface area contributed by atoms with Crippen molar-refractivity contribution in [2.45, 2.75) is 44.7 Å². The SMILES string of the molecule is COc1cncc([C@@H]2CCON2C(=O)C2CCC(Cn3ncc4cc(C#N)ccc43)CC2)n1. The number of ether oxygens (including phenoxy) is 1. The second-order valence-electron chi connectivity index (χ2n) is 8.72. The molecule has 3 heterocycles. The molecule has 5 rings (SSSR count). The number of nitrogens with zero attached hydrogens (tertiary/aromatic N) is 6. The standard InChI is InChI=1S/C24H26N6O3/c1-32-23-14-26-13-20(28-23)22-8-9-33-30(22)24(31)18-5-2-16(3-6-18)15-29-21-7-4-17(11-25)10-19(21)12-27-29/h4,7,10,12-14,16,18,22H,2-3,5-6,8-9,15H2,1H3/t16?,18?,22-/m0/s1. The fourth-order valence-corrected chi connectivity index (χ4v) is 4.90. The average Bonchev–Trinajstić information content (AvgIpc) is 3.51. The molecule has 1 atom stereocenters. The quantitative estimate of drug-likeness (QED) is 0.591. The summed E-state index contributed by atoms with van der Waals surface area (Å²) in [6.07, 6.45) is 9.33. The van der Waals surface area contributed by atoms with Crippen LogP contribution in [0.3, 0.4) is 0 Å². The highest BCUT2D eigenvalue weighted by Crippen LogP contribution is 2.36. The number of fused-ring (bicyclic) bond motifs is 1. The normalized spacial score (nSPS) is 22.9. The van der Waals surface area contributed by atoms with Crippen molar-refractivity contribution < 1.29 is 14.4 Å². The van der Waals surface area contributed by atoms with E-state index in [4.69, 9.17) is 14.8 Å². The van der Waals surface area contributed by atoms with Crippen LogP contribution in [0.2, 0.25) is 0 Å². The van der Waals surface area contributed by atoms with Crippen LogP contribution in [0.25, 0.3) is 10.9 Å². The Morgan fingerprint density at radius 2 is 2.06 bits per heavy atom. The first-order valence-electron chi connectivity index (χ1n) is 11.3. The van der Waals surface area contributed by atoms with E-state index in [1.807, 2.05) is 29.1 Å². The summed E-state index contributed by atoms with van der Waals surface area (Å²) < 4.78 is 7.20. The predicted molar refractivity (Wildman–Crippen MR) is 119 cm³/mol.